The molecule has 72 valence electrons. The highest BCUT2D eigenvalue weighted by molar-refractivity contribution is 9.10. The van der Waals surface area contributed by atoms with Gasteiger partial charge in [-0.1, -0.05) is 0 Å². The molecule has 0 radical (unpaired) electrons. The van der Waals surface area contributed by atoms with Gasteiger partial charge in [0.05, 0.1) is 17.2 Å². The van der Waals surface area contributed by atoms with E-state index in [9.17, 15) is 8.42 Å². The standard InChI is InChI=1S/C7H8BrNO3S/c8-7-9-6(3-12-7)5-1-2-13(10,11)4-5/h3,5H,1-2,4H2. The van der Waals surface area contributed by atoms with Crippen LogP contribution in [0, 0.1) is 0 Å². The predicted octanol–water partition coefficient (Wildman–Crippen LogP) is 1.34. The molecule has 1 aromatic heterocycles. The van der Waals surface area contributed by atoms with Crippen LogP contribution in [0.4, 0.5) is 0 Å². The lowest BCUT2D eigenvalue weighted by Gasteiger charge is -1.99. The zero-order valence-corrected chi connectivity index (χ0v) is 9.14. The fraction of sp³-hybridized carbons (Fsp3) is 0.571. The molecule has 13 heavy (non-hydrogen) atoms. The molecular weight excluding hydrogens is 258 g/mol. The van der Waals surface area contributed by atoms with Gasteiger partial charge < -0.3 is 4.42 Å². The Morgan fingerprint density at radius 1 is 1.62 bits per heavy atom. The normalized spacial score (nSPS) is 26.4. The molecular formula is C7H8BrNO3S. The summed E-state index contributed by atoms with van der Waals surface area (Å²) in [5.74, 6) is 0.480. The first kappa shape index (κ1) is 9.21. The number of oxazole rings is 1. The molecule has 0 saturated carbocycles. The molecule has 1 aromatic rings. The molecule has 4 nitrogen and oxygen atoms in total. The summed E-state index contributed by atoms with van der Waals surface area (Å²) in [4.78, 5) is 4.45. The van der Waals surface area contributed by atoms with E-state index in [2.05, 4.69) is 20.9 Å². The van der Waals surface area contributed by atoms with Crippen molar-refractivity contribution in [2.45, 2.75) is 12.3 Å². The van der Waals surface area contributed by atoms with Crippen molar-refractivity contribution in [3.8, 4) is 0 Å². The molecule has 1 saturated heterocycles. The first-order chi connectivity index (χ1) is 6.07. The van der Waals surface area contributed by atoms with Crippen LogP contribution in [0.3, 0.4) is 0 Å². The topological polar surface area (TPSA) is 60.2 Å². The zero-order chi connectivity index (χ0) is 9.47. The minimum absolute atomic E-state index is 0.0139. The fourth-order valence-electron chi connectivity index (χ4n) is 1.48. The van der Waals surface area contributed by atoms with Crippen molar-refractivity contribution in [3.05, 3.63) is 16.8 Å². The van der Waals surface area contributed by atoms with Crippen LogP contribution in [0.2, 0.25) is 0 Å². The Labute approximate surface area is 84.4 Å². The predicted molar refractivity (Wildman–Crippen MR) is 50.2 cm³/mol. The molecule has 2 heterocycles. The van der Waals surface area contributed by atoms with E-state index >= 15 is 0 Å². The van der Waals surface area contributed by atoms with Gasteiger partial charge >= 0.3 is 0 Å². The molecule has 1 aliphatic heterocycles. The number of sulfone groups is 1. The van der Waals surface area contributed by atoms with Crippen LogP contribution in [0.15, 0.2) is 15.5 Å². The summed E-state index contributed by atoms with van der Waals surface area (Å²) >= 11 is 3.08. The van der Waals surface area contributed by atoms with Gasteiger partial charge in [-0.05, 0) is 6.42 Å². The van der Waals surface area contributed by atoms with Crippen molar-refractivity contribution in [1.82, 2.24) is 4.98 Å². The smallest absolute Gasteiger partial charge is 0.264 e. The third kappa shape index (κ3) is 1.94. The van der Waals surface area contributed by atoms with Gasteiger partial charge in [0.25, 0.3) is 4.80 Å². The molecule has 1 unspecified atom stereocenters. The van der Waals surface area contributed by atoms with Gasteiger partial charge in [-0.2, -0.15) is 0 Å². The van der Waals surface area contributed by atoms with E-state index in [0.717, 1.165) is 5.69 Å². The highest BCUT2D eigenvalue weighted by Gasteiger charge is 2.30. The second-order valence-electron chi connectivity index (χ2n) is 3.13. The van der Waals surface area contributed by atoms with Crippen LogP contribution in [0.25, 0.3) is 0 Å². The number of halogens is 1. The Morgan fingerprint density at radius 3 is 2.85 bits per heavy atom. The van der Waals surface area contributed by atoms with E-state index in [1.54, 1.807) is 0 Å². The molecule has 1 atom stereocenters. The molecule has 1 fully saturated rings. The maximum atomic E-state index is 11.2. The number of aromatic nitrogens is 1. The number of nitrogens with zero attached hydrogens (tertiary/aromatic N) is 1. The Morgan fingerprint density at radius 2 is 2.38 bits per heavy atom. The Balaban J connectivity index is 2.21. The van der Waals surface area contributed by atoms with Crippen molar-refractivity contribution in [2.24, 2.45) is 0 Å². The number of hydrogen-bond donors (Lipinski definition) is 0. The molecule has 6 heteroatoms. The van der Waals surface area contributed by atoms with E-state index in [1.807, 2.05) is 0 Å². The number of rotatable bonds is 1. The molecule has 0 amide bonds. The van der Waals surface area contributed by atoms with Crippen LogP contribution < -0.4 is 0 Å². The monoisotopic (exact) mass is 265 g/mol. The summed E-state index contributed by atoms with van der Waals surface area (Å²) in [5, 5.41) is 0. The third-order valence-corrected chi connectivity index (χ3v) is 4.28. The molecule has 0 bridgehead atoms. The lowest BCUT2D eigenvalue weighted by molar-refractivity contribution is 0.527. The van der Waals surface area contributed by atoms with Gasteiger partial charge in [-0.25, -0.2) is 13.4 Å². The van der Waals surface area contributed by atoms with Crippen LogP contribution in [0.1, 0.15) is 18.0 Å². The van der Waals surface area contributed by atoms with Gasteiger partial charge in [0.1, 0.15) is 6.26 Å². The minimum Gasteiger partial charge on any atom is -0.439 e. The highest BCUT2D eigenvalue weighted by Crippen LogP contribution is 2.28. The van der Waals surface area contributed by atoms with Gasteiger partial charge in [-0.3, -0.25) is 0 Å². The quantitative estimate of drug-likeness (QED) is 0.769. The van der Waals surface area contributed by atoms with Crippen LogP contribution in [-0.4, -0.2) is 24.9 Å². The molecule has 2 rings (SSSR count). The largest absolute Gasteiger partial charge is 0.439 e. The maximum Gasteiger partial charge on any atom is 0.264 e. The maximum absolute atomic E-state index is 11.2. The van der Waals surface area contributed by atoms with Gasteiger partial charge in [-0.15, -0.1) is 0 Å². The zero-order valence-electron chi connectivity index (χ0n) is 6.73. The van der Waals surface area contributed by atoms with Crippen molar-refractivity contribution in [3.63, 3.8) is 0 Å². The highest BCUT2D eigenvalue weighted by atomic mass is 79.9. The Bertz CT molecular complexity index is 411. The van der Waals surface area contributed by atoms with Crippen molar-refractivity contribution in [1.29, 1.82) is 0 Å². The summed E-state index contributed by atoms with van der Waals surface area (Å²) in [5.41, 5.74) is 0.730. The van der Waals surface area contributed by atoms with Gasteiger partial charge in [0, 0.05) is 21.8 Å². The second-order valence-corrected chi connectivity index (χ2v) is 6.03. The average molecular weight is 266 g/mol. The fourth-order valence-corrected chi connectivity index (χ4v) is 3.54. The van der Waals surface area contributed by atoms with E-state index < -0.39 is 9.84 Å². The SMILES string of the molecule is O=S1(=O)CCC(c2coc(Br)n2)C1. The van der Waals surface area contributed by atoms with Crippen LogP contribution in [0.5, 0.6) is 0 Å². The van der Waals surface area contributed by atoms with E-state index in [0.29, 0.717) is 11.2 Å². The van der Waals surface area contributed by atoms with E-state index in [-0.39, 0.29) is 17.4 Å². The van der Waals surface area contributed by atoms with Crippen LogP contribution >= 0.6 is 15.9 Å². The molecule has 1 aliphatic rings. The molecule has 0 N–H and O–H groups in total. The summed E-state index contributed by atoms with van der Waals surface area (Å²) in [6.07, 6.45) is 2.16. The van der Waals surface area contributed by atoms with E-state index in [4.69, 9.17) is 4.42 Å². The van der Waals surface area contributed by atoms with Crippen molar-refractivity contribution in [2.75, 3.05) is 11.5 Å². The average Bonchev–Trinajstić information content (AvgIpc) is 2.56. The molecule has 0 aromatic carbocycles. The Hall–Kier alpha value is -0.360. The first-order valence-electron chi connectivity index (χ1n) is 3.88. The summed E-state index contributed by atoms with van der Waals surface area (Å²) in [6, 6.07) is 0. The van der Waals surface area contributed by atoms with Gasteiger partial charge in [0.15, 0.2) is 9.84 Å². The minimum atomic E-state index is -2.83. The second kappa shape index (κ2) is 3.09. The molecule has 0 spiro atoms. The van der Waals surface area contributed by atoms with Crippen LogP contribution in [-0.2, 0) is 9.84 Å². The summed E-state index contributed by atoms with van der Waals surface area (Å²) in [6.45, 7) is 0. The lowest BCUT2D eigenvalue weighted by atomic mass is 10.1. The third-order valence-electron chi connectivity index (χ3n) is 2.14. The van der Waals surface area contributed by atoms with E-state index in [1.165, 1.54) is 6.26 Å². The van der Waals surface area contributed by atoms with Crippen molar-refractivity contribution < 1.29 is 12.8 Å². The molecule has 0 aliphatic carbocycles. The van der Waals surface area contributed by atoms with Crippen molar-refractivity contribution >= 4 is 25.8 Å². The summed E-state index contributed by atoms with van der Waals surface area (Å²) < 4.78 is 27.3. The summed E-state index contributed by atoms with van der Waals surface area (Å²) in [7, 11) is -2.83. The lowest BCUT2D eigenvalue weighted by Crippen LogP contribution is -2.03. The first-order valence-corrected chi connectivity index (χ1v) is 6.49. The van der Waals surface area contributed by atoms with Gasteiger partial charge in [0.2, 0.25) is 0 Å². The number of hydrogen-bond acceptors (Lipinski definition) is 4. The Kier molecular flexibility index (Phi) is 2.19.